The second-order valence-electron chi connectivity index (χ2n) is 5.23. The van der Waals surface area contributed by atoms with E-state index in [4.69, 9.17) is 5.84 Å². The van der Waals surface area contributed by atoms with Gasteiger partial charge in [-0.25, -0.2) is 9.07 Å². The van der Waals surface area contributed by atoms with Crippen molar-refractivity contribution in [3.8, 4) is 11.4 Å². The summed E-state index contributed by atoms with van der Waals surface area (Å²) in [6.45, 7) is 4.04. The van der Waals surface area contributed by atoms with Crippen molar-refractivity contribution in [1.29, 1.82) is 0 Å². The number of thioether (sulfide) groups is 1. The maximum Gasteiger partial charge on any atom is 0.230 e. The minimum Gasteiger partial charge on any atom is -0.353 e. The zero-order chi connectivity index (χ0) is 16.8. The Hall–Kier alpha value is -2.09. The quantitative estimate of drug-likeness (QED) is 0.597. The Kier molecular flexibility index (Phi) is 5.97. The molecule has 3 N–H and O–H groups in total. The average molecular weight is 337 g/mol. The Morgan fingerprint density at radius 1 is 1.48 bits per heavy atom. The van der Waals surface area contributed by atoms with Crippen LogP contribution >= 0.6 is 11.8 Å². The number of carbonyl (C=O) groups excluding carboxylic acids is 1. The molecule has 1 aromatic heterocycles. The number of hydrogen-bond acceptors (Lipinski definition) is 5. The van der Waals surface area contributed by atoms with Crippen molar-refractivity contribution >= 4 is 17.7 Å². The molecule has 0 radical (unpaired) electrons. The molecular formula is C15H20FN5OS. The van der Waals surface area contributed by atoms with Crippen LogP contribution in [0.15, 0.2) is 29.4 Å². The Labute approximate surface area is 138 Å². The van der Waals surface area contributed by atoms with Crippen LogP contribution in [0.5, 0.6) is 0 Å². The molecule has 1 amide bonds. The van der Waals surface area contributed by atoms with Crippen LogP contribution in [0, 0.1) is 5.82 Å². The molecule has 2 rings (SSSR count). The lowest BCUT2D eigenvalue weighted by Crippen LogP contribution is -2.33. The molecule has 0 fully saturated rings. The van der Waals surface area contributed by atoms with E-state index in [1.807, 2.05) is 6.92 Å². The number of hydrogen-bond donors (Lipinski definition) is 2. The third-order valence-corrected chi connectivity index (χ3v) is 4.15. The molecule has 23 heavy (non-hydrogen) atoms. The number of nitrogens with one attached hydrogen (secondary N) is 1. The summed E-state index contributed by atoms with van der Waals surface area (Å²) >= 11 is 1.19. The summed E-state index contributed by atoms with van der Waals surface area (Å²) in [7, 11) is 0. The number of nitrogens with zero attached hydrogens (tertiary/aromatic N) is 3. The van der Waals surface area contributed by atoms with Crippen molar-refractivity contribution in [3.05, 3.63) is 30.1 Å². The molecule has 0 aliphatic heterocycles. The normalized spacial score (nSPS) is 12.1. The number of halogens is 1. The number of benzene rings is 1. The lowest BCUT2D eigenvalue weighted by Gasteiger charge is -2.12. The number of aromatic nitrogens is 3. The molecule has 1 aromatic carbocycles. The van der Waals surface area contributed by atoms with Crippen LogP contribution in [0.25, 0.3) is 11.4 Å². The molecule has 1 heterocycles. The largest absolute Gasteiger partial charge is 0.353 e. The van der Waals surface area contributed by atoms with Gasteiger partial charge in [0, 0.05) is 11.6 Å². The van der Waals surface area contributed by atoms with Crippen LogP contribution in [0.1, 0.15) is 26.7 Å². The van der Waals surface area contributed by atoms with E-state index >= 15 is 0 Å². The Morgan fingerprint density at radius 3 is 2.96 bits per heavy atom. The average Bonchev–Trinajstić information content (AvgIpc) is 2.86. The van der Waals surface area contributed by atoms with Gasteiger partial charge in [-0.15, -0.1) is 10.2 Å². The zero-order valence-corrected chi connectivity index (χ0v) is 13.9. The van der Waals surface area contributed by atoms with Gasteiger partial charge in [-0.1, -0.05) is 37.2 Å². The first-order valence-electron chi connectivity index (χ1n) is 7.39. The highest BCUT2D eigenvalue weighted by atomic mass is 32.2. The summed E-state index contributed by atoms with van der Waals surface area (Å²) in [5.41, 5.74) is 0.535. The summed E-state index contributed by atoms with van der Waals surface area (Å²) in [4.78, 5) is 11.9. The fourth-order valence-electron chi connectivity index (χ4n) is 2.15. The topological polar surface area (TPSA) is 85.8 Å². The van der Waals surface area contributed by atoms with Gasteiger partial charge in [-0.05, 0) is 25.5 Å². The van der Waals surface area contributed by atoms with Gasteiger partial charge in [0.15, 0.2) is 5.82 Å². The summed E-state index contributed by atoms with van der Waals surface area (Å²) in [6.07, 6.45) is 1.95. The lowest BCUT2D eigenvalue weighted by molar-refractivity contribution is -0.119. The third-order valence-electron chi connectivity index (χ3n) is 3.21. The second kappa shape index (κ2) is 7.96. The van der Waals surface area contributed by atoms with E-state index in [1.54, 1.807) is 12.1 Å². The van der Waals surface area contributed by atoms with Crippen molar-refractivity contribution in [2.75, 3.05) is 11.6 Å². The van der Waals surface area contributed by atoms with Crippen LogP contribution in [0.4, 0.5) is 4.39 Å². The van der Waals surface area contributed by atoms with Gasteiger partial charge < -0.3 is 11.2 Å². The minimum absolute atomic E-state index is 0.0775. The summed E-state index contributed by atoms with van der Waals surface area (Å²) in [6, 6.07) is 6.10. The first-order valence-corrected chi connectivity index (χ1v) is 8.38. The van der Waals surface area contributed by atoms with Gasteiger partial charge in [-0.3, -0.25) is 4.79 Å². The number of rotatable bonds is 7. The number of carbonyl (C=O) groups is 1. The lowest BCUT2D eigenvalue weighted by atomic mass is 10.2. The molecule has 0 aliphatic carbocycles. The molecule has 1 unspecified atom stereocenters. The number of amides is 1. The highest BCUT2D eigenvalue weighted by molar-refractivity contribution is 7.99. The molecule has 6 nitrogen and oxygen atoms in total. The van der Waals surface area contributed by atoms with Crippen LogP contribution in [-0.2, 0) is 4.79 Å². The van der Waals surface area contributed by atoms with Gasteiger partial charge in [0.1, 0.15) is 5.82 Å². The van der Waals surface area contributed by atoms with E-state index in [9.17, 15) is 9.18 Å². The molecule has 2 aromatic rings. The van der Waals surface area contributed by atoms with E-state index in [0.717, 1.165) is 12.8 Å². The van der Waals surface area contributed by atoms with Crippen molar-refractivity contribution in [3.63, 3.8) is 0 Å². The van der Waals surface area contributed by atoms with Crippen molar-refractivity contribution in [1.82, 2.24) is 20.2 Å². The fraction of sp³-hybridized carbons (Fsp3) is 0.400. The van der Waals surface area contributed by atoms with E-state index in [0.29, 0.717) is 16.5 Å². The molecule has 1 atom stereocenters. The van der Waals surface area contributed by atoms with E-state index < -0.39 is 0 Å². The summed E-state index contributed by atoms with van der Waals surface area (Å²) < 4.78 is 14.5. The van der Waals surface area contributed by atoms with Crippen LogP contribution in [0.2, 0.25) is 0 Å². The van der Waals surface area contributed by atoms with Gasteiger partial charge in [0.2, 0.25) is 11.1 Å². The first kappa shape index (κ1) is 17.3. The number of nitrogens with two attached hydrogens (primary N) is 1. The van der Waals surface area contributed by atoms with Crippen molar-refractivity contribution in [2.24, 2.45) is 0 Å². The van der Waals surface area contributed by atoms with Gasteiger partial charge in [0.25, 0.3) is 0 Å². The zero-order valence-electron chi connectivity index (χ0n) is 13.1. The Morgan fingerprint density at radius 2 is 2.26 bits per heavy atom. The van der Waals surface area contributed by atoms with Gasteiger partial charge >= 0.3 is 0 Å². The number of nitrogen functional groups attached to an aromatic ring is 1. The van der Waals surface area contributed by atoms with E-state index in [1.165, 1.54) is 28.6 Å². The summed E-state index contributed by atoms with van der Waals surface area (Å²) in [5.74, 6) is 6.04. The van der Waals surface area contributed by atoms with Crippen molar-refractivity contribution < 1.29 is 9.18 Å². The fourth-order valence-corrected chi connectivity index (χ4v) is 2.82. The predicted octanol–water partition coefficient (Wildman–Crippen LogP) is 2.19. The maximum atomic E-state index is 13.3. The molecule has 8 heteroatoms. The Bertz CT molecular complexity index is 676. The molecule has 0 aliphatic rings. The monoisotopic (exact) mass is 337 g/mol. The molecule has 0 spiro atoms. The smallest absolute Gasteiger partial charge is 0.230 e. The van der Waals surface area contributed by atoms with E-state index in [2.05, 4.69) is 22.4 Å². The van der Waals surface area contributed by atoms with Crippen LogP contribution in [-0.4, -0.2) is 32.6 Å². The SMILES string of the molecule is CCCC(C)NC(=O)CSc1nnc(-c2cccc(F)c2)n1N. The molecule has 0 saturated carbocycles. The highest BCUT2D eigenvalue weighted by Crippen LogP contribution is 2.21. The predicted molar refractivity (Wildman–Crippen MR) is 88.8 cm³/mol. The Balaban J connectivity index is 1.99. The standard InChI is InChI=1S/C15H20FN5OS/c1-3-5-10(2)18-13(22)9-23-15-20-19-14(21(15)17)11-6-4-7-12(16)8-11/h4,6-8,10H,3,5,9,17H2,1-2H3,(H,18,22). The molecular weight excluding hydrogens is 317 g/mol. The molecule has 124 valence electrons. The molecule has 0 bridgehead atoms. The first-order chi connectivity index (χ1) is 11.0. The van der Waals surface area contributed by atoms with Crippen molar-refractivity contribution in [2.45, 2.75) is 37.9 Å². The van der Waals surface area contributed by atoms with Gasteiger partial charge in [-0.2, -0.15) is 0 Å². The van der Waals surface area contributed by atoms with Crippen LogP contribution < -0.4 is 11.2 Å². The maximum absolute atomic E-state index is 13.3. The summed E-state index contributed by atoms with van der Waals surface area (Å²) in [5, 5.41) is 11.2. The van der Waals surface area contributed by atoms with Gasteiger partial charge in [0.05, 0.1) is 5.75 Å². The minimum atomic E-state index is -0.371. The van der Waals surface area contributed by atoms with Crippen LogP contribution in [0.3, 0.4) is 0 Å². The second-order valence-corrected chi connectivity index (χ2v) is 6.17. The van der Waals surface area contributed by atoms with E-state index in [-0.39, 0.29) is 23.5 Å². The third kappa shape index (κ3) is 4.69. The highest BCUT2D eigenvalue weighted by Gasteiger charge is 2.14. The molecule has 0 saturated heterocycles.